The van der Waals surface area contributed by atoms with E-state index in [1.54, 1.807) is 0 Å². The maximum Gasteiger partial charge on any atom is 0.220 e. The summed E-state index contributed by atoms with van der Waals surface area (Å²) in [5.41, 5.74) is 0. The maximum absolute atomic E-state index is 11.2. The van der Waals surface area contributed by atoms with Crippen LogP contribution in [0.1, 0.15) is 52.9 Å². The molecule has 0 unspecified atom stereocenters. The van der Waals surface area contributed by atoms with E-state index >= 15 is 0 Å². The Morgan fingerprint density at radius 3 is 2.44 bits per heavy atom. The highest BCUT2D eigenvalue weighted by Crippen LogP contribution is 2.15. The molecule has 0 aromatic heterocycles. The van der Waals surface area contributed by atoms with Gasteiger partial charge in [-0.1, -0.05) is 33.6 Å². The fraction of sp³-hybridized carbons (Fsp3) is 0.923. The number of nitrogens with one attached hydrogen (secondary N) is 1. The Morgan fingerprint density at radius 1 is 1.19 bits per heavy atom. The summed E-state index contributed by atoms with van der Waals surface area (Å²) in [6.07, 6.45) is 5.52. The zero-order valence-corrected chi connectivity index (χ0v) is 11.9. The molecular weight excluding hydrogens is 218 g/mol. The van der Waals surface area contributed by atoms with Crippen molar-refractivity contribution < 1.29 is 4.79 Å². The molecule has 0 atom stereocenters. The fourth-order valence-corrected chi connectivity index (χ4v) is 2.58. The lowest BCUT2D eigenvalue weighted by molar-refractivity contribution is -0.120. The molecule has 0 aliphatic rings. The van der Waals surface area contributed by atoms with Gasteiger partial charge in [0, 0.05) is 18.7 Å². The first-order valence-corrected chi connectivity index (χ1v) is 7.74. The summed E-state index contributed by atoms with van der Waals surface area (Å²) in [4.78, 5) is 11.2. The van der Waals surface area contributed by atoms with Crippen LogP contribution in [0.3, 0.4) is 0 Å². The molecule has 0 rings (SSSR count). The molecule has 96 valence electrons. The largest absolute Gasteiger partial charge is 0.355 e. The van der Waals surface area contributed by atoms with Crippen LogP contribution in [0.15, 0.2) is 0 Å². The molecule has 1 N–H and O–H groups in total. The SMILES string of the molecule is CCCC(=O)NCCSCCC(CC)CC. The molecule has 3 heteroatoms. The van der Waals surface area contributed by atoms with E-state index in [-0.39, 0.29) is 5.91 Å². The molecule has 0 fully saturated rings. The smallest absolute Gasteiger partial charge is 0.220 e. The molecule has 16 heavy (non-hydrogen) atoms. The van der Waals surface area contributed by atoms with Crippen molar-refractivity contribution >= 4 is 17.7 Å². The van der Waals surface area contributed by atoms with Gasteiger partial charge in [-0.2, -0.15) is 11.8 Å². The Kier molecular flexibility index (Phi) is 11.2. The minimum Gasteiger partial charge on any atom is -0.355 e. The van der Waals surface area contributed by atoms with Crippen LogP contribution in [0.5, 0.6) is 0 Å². The maximum atomic E-state index is 11.2. The van der Waals surface area contributed by atoms with E-state index in [1.807, 2.05) is 18.7 Å². The number of carbonyl (C=O) groups excluding carboxylic acids is 1. The summed E-state index contributed by atoms with van der Waals surface area (Å²) in [5, 5.41) is 2.94. The van der Waals surface area contributed by atoms with Crippen LogP contribution in [0.4, 0.5) is 0 Å². The molecule has 1 amide bonds. The van der Waals surface area contributed by atoms with E-state index in [4.69, 9.17) is 0 Å². The van der Waals surface area contributed by atoms with E-state index in [1.165, 1.54) is 25.0 Å². The van der Waals surface area contributed by atoms with Gasteiger partial charge in [0.05, 0.1) is 0 Å². The number of rotatable bonds is 10. The van der Waals surface area contributed by atoms with Gasteiger partial charge in [-0.15, -0.1) is 0 Å². The van der Waals surface area contributed by atoms with E-state index in [9.17, 15) is 4.79 Å². The summed E-state index contributed by atoms with van der Waals surface area (Å²) in [6.45, 7) is 7.39. The predicted octanol–water partition coefficient (Wildman–Crippen LogP) is 3.46. The fourth-order valence-electron chi connectivity index (χ4n) is 1.63. The zero-order chi connectivity index (χ0) is 12.2. The third kappa shape index (κ3) is 9.08. The molecule has 0 aliphatic carbocycles. The van der Waals surface area contributed by atoms with Gasteiger partial charge < -0.3 is 5.32 Å². The van der Waals surface area contributed by atoms with Crippen LogP contribution < -0.4 is 5.32 Å². The number of carbonyl (C=O) groups is 1. The van der Waals surface area contributed by atoms with Crippen LogP contribution in [0.25, 0.3) is 0 Å². The monoisotopic (exact) mass is 245 g/mol. The summed E-state index contributed by atoms with van der Waals surface area (Å²) in [6, 6.07) is 0. The van der Waals surface area contributed by atoms with Gasteiger partial charge in [0.15, 0.2) is 0 Å². The minimum absolute atomic E-state index is 0.197. The molecule has 0 aliphatic heterocycles. The van der Waals surface area contributed by atoms with Crippen molar-refractivity contribution in [1.29, 1.82) is 0 Å². The van der Waals surface area contributed by atoms with Gasteiger partial charge in [0.1, 0.15) is 0 Å². The number of thioether (sulfide) groups is 1. The second-order valence-electron chi connectivity index (χ2n) is 4.18. The van der Waals surface area contributed by atoms with Crippen molar-refractivity contribution in [2.24, 2.45) is 5.92 Å². The lowest BCUT2D eigenvalue weighted by atomic mass is 10.0. The number of hydrogen-bond acceptors (Lipinski definition) is 2. The number of hydrogen-bond donors (Lipinski definition) is 1. The third-order valence-corrected chi connectivity index (χ3v) is 3.89. The van der Waals surface area contributed by atoms with Gasteiger partial charge in [0.25, 0.3) is 0 Å². The van der Waals surface area contributed by atoms with Crippen molar-refractivity contribution in [3.63, 3.8) is 0 Å². The Bertz CT molecular complexity index is 169. The van der Waals surface area contributed by atoms with Crippen LogP contribution in [0, 0.1) is 5.92 Å². The van der Waals surface area contributed by atoms with Gasteiger partial charge in [-0.05, 0) is 24.5 Å². The molecule has 0 aromatic carbocycles. The van der Waals surface area contributed by atoms with Gasteiger partial charge in [0.2, 0.25) is 5.91 Å². The highest BCUT2D eigenvalue weighted by atomic mass is 32.2. The summed E-state index contributed by atoms with van der Waals surface area (Å²) < 4.78 is 0. The zero-order valence-electron chi connectivity index (χ0n) is 11.1. The topological polar surface area (TPSA) is 29.1 Å². The van der Waals surface area contributed by atoms with Crippen molar-refractivity contribution in [3.8, 4) is 0 Å². The molecule has 0 aromatic rings. The van der Waals surface area contributed by atoms with E-state index in [2.05, 4.69) is 19.2 Å². The average Bonchev–Trinajstić information content (AvgIpc) is 2.29. The first-order valence-electron chi connectivity index (χ1n) is 6.58. The van der Waals surface area contributed by atoms with Crippen molar-refractivity contribution in [2.75, 3.05) is 18.1 Å². The normalized spacial score (nSPS) is 10.8. The summed E-state index contributed by atoms with van der Waals surface area (Å²) in [5.74, 6) is 3.37. The minimum atomic E-state index is 0.197. The van der Waals surface area contributed by atoms with Gasteiger partial charge in [-0.25, -0.2) is 0 Å². The van der Waals surface area contributed by atoms with Crippen molar-refractivity contribution in [3.05, 3.63) is 0 Å². The molecule has 0 bridgehead atoms. The van der Waals surface area contributed by atoms with Gasteiger partial charge >= 0.3 is 0 Å². The number of amides is 1. The van der Waals surface area contributed by atoms with Crippen LogP contribution >= 0.6 is 11.8 Å². The van der Waals surface area contributed by atoms with E-state index in [0.29, 0.717) is 6.42 Å². The molecule has 0 heterocycles. The van der Waals surface area contributed by atoms with Crippen LogP contribution in [-0.4, -0.2) is 24.0 Å². The molecule has 0 radical (unpaired) electrons. The molecule has 0 saturated heterocycles. The van der Waals surface area contributed by atoms with Gasteiger partial charge in [-0.3, -0.25) is 4.79 Å². The Balaban J connectivity index is 3.24. The third-order valence-electron chi connectivity index (χ3n) is 2.87. The van der Waals surface area contributed by atoms with E-state index < -0.39 is 0 Å². The summed E-state index contributed by atoms with van der Waals surface area (Å²) >= 11 is 1.96. The lowest BCUT2D eigenvalue weighted by Gasteiger charge is -2.11. The van der Waals surface area contributed by atoms with E-state index in [0.717, 1.165) is 24.6 Å². The molecule has 0 spiro atoms. The Hall–Kier alpha value is -0.180. The predicted molar refractivity (Wildman–Crippen MR) is 73.9 cm³/mol. The molecule has 2 nitrogen and oxygen atoms in total. The van der Waals surface area contributed by atoms with Crippen LogP contribution in [-0.2, 0) is 4.79 Å². The van der Waals surface area contributed by atoms with Crippen molar-refractivity contribution in [2.45, 2.75) is 52.9 Å². The first kappa shape index (κ1) is 15.8. The quantitative estimate of drug-likeness (QED) is 0.597. The second kappa shape index (κ2) is 11.3. The average molecular weight is 245 g/mol. The van der Waals surface area contributed by atoms with Crippen LogP contribution in [0.2, 0.25) is 0 Å². The molecule has 0 saturated carbocycles. The lowest BCUT2D eigenvalue weighted by Crippen LogP contribution is -2.25. The standard InChI is InChI=1S/C13H27NOS/c1-4-7-13(15)14-9-11-16-10-8-12(5-2)6-3/h12H,4-11H2,1-3H3,(H,14,15). The van der Waals surface area contributed by atoms with Crippen molar-refractivity contribution in [1.82, 2.24) is 5.32 Å². The first-order chi connectivity index (χ1) is 7.74. The highest BCUT2D eigenvalue weighted by molar-refractivity contribution is 7.99. The Morgan fingerprint density at radius 2 is 1.88 bits per heavy atom. The molecular formula is C13H27NOS. The highest BCUT2D eigenvalue weighted by Gasteiger charge is 2.02. The Labute approximate surface area is 105 Å². The summed E-state index contributed by atoms with van der Waals surface area (Å²) in [7, 11) is 0. The second-order valence-corrected chi connectivity index (χ2v) is 5.41.